The SMILES string of the molecule is CNC(COCCC1CC1)c1cccc(F)c1F. The van der Waals surface area contributed by atoms with E-state index in [1.807, 2.05) is 0 Å². The first-order valence-electron chi connectivity index (χ1n) is 6.41. The van der Waals surface area contributed by atoms with Gasteiger partial charge >= 0.3 is 0 Å². The molecular weight excluding hydrogens is 236 g/mol. The number of ether oxygens (including phenoxy) is 1. The molecule has 1 aromatic carbocycles. The minimum atomic E-state index is -0.814. The maximum Gasteiger partial charge on any atom is 0.163 e. The van der Waals surface area contributed by atoms with Crippen LogP contribution in [0.2, 0.25) is 0 Å². The molecule has 0 aromatic heterocycles. The third kappa shape index (κ3) is 3.50. The summed E-state index contributed by atoms with van der Waals surface area (Å²) in [4.78, 5) is 0. The third-order valence-corrected chi connectivity index (χ3v) is 3.36. The van der Waals surface area contributed by atoms with Gasteiger partial charge in [0.25, 0.3) is 0 Å². The molecule has 0 bridgehead atoms. The number of hydrogen-bond acceptors (Lipinski definition) is 2. The van der Waals surface area contributed by atoms with Gasteiger partial charge in [0.1, 0.15) is 0 Å². The van der Waals surface area contributed by atoms with Crippen molar-refractivity contribution in [2.45, 2.75) is 25.3 Å². The molecule has 0 radical (unpaired) electrons. The normalized spacial score (nSPS) is 16.8. The number of likely N-dealkylation sites (N-methyl/N-ethyl adjacent to an activating group) is 1. The number of hydrogen-bond donors (Lipinski definition) is 1. The van der Waals surface area contributed by atoms with Crippen LogP contribution in [-0.2, 0) is 4.74 Å². The van der Waals surface area contributed by atoms with Crippen LogP contribution in [0, 0.1) is 17.6 Å². The predicted octanol–water partition coefficient (Wildman–Crippen LogP) is 3.04. The molecule has 1 aliphatic carbocycles. The second kappa shape index (κ2) is 6.25. The first kappa shape index (κ1) is 13.4. The van der Waals surface area contributed by atoms with E-state index >= 15 is 0 Å². The fraction of sp³-hybridized carbons (Fsp3) is 0.571. The monoisotopic (exact) mass is 255 g/mol. The van der Waals surface area contributed by atoms with Crippen LogP contribution in [0.25, 0.3) is 0 Å². The molecule has 1 N–H and O–H groups in total. The largest absolute Gasteiger partial charge is 0.379 e. The second-order valence-corrected chi connectivity index (χ2v) is 4.79. The lowest BCUT2D eigenvalue weighted by molar-refractivity contribution is 0.107. The van der Waals surface area contributed by atoms with E-state index in [0.29, 0.717) is 18.8 Å². The summed E-state index contributed by atoms with van der Waals surface area (Å²) < 4.78 is 32.3. The Kier molecular flexibility index (Phi) is 4.66. The van der Waals surface area contributed by atoms with Gasteiger partial charge in [0.15, 0.2) is 11.6 Å². The highest BCUT2D eigenvalue weighted by molar-refractivity contribution is 5.22. The van der Waals surface area contributed by atoms with Crippen LogP contribution in [-0.4, -0.2) is 20.3 Å². The molecule has 2 rings (SSSR count). The second-order valence-electron chi connectivity index (χ2n) is 4.79. The Bertz CT molecular complexity index is 393. The quantitative estimate of drug-likeness (QED) is 0.756. The third-order valence-electron chi connectivity index (χ3n) is 3.36. The van der Waals surface area contributed by atoms with E-state index in [4.69, 9.17) is 4.74 Å². The first-order valence-corrected chi connectivity index (χ1v) is 6.41. The Morgan fingerprint density at radius 1 is 1.39 bits per heavy atom. The number of halogens is 2. The molecule has 0 aliphatic heterocycles. The summed E-state index contributed by atoms with van der Waals surface area (Å²) in [6.45, 7) is 1.06. The van der Waals surface area contributed by atoms with Crippen molar-refractivity contribution in [2.24, 2.45) is 5.92 Å². The summed E-state index contributed by atoms with van der Waals surface area (Å²) in [7, 11) is 1.72. The lowest BCUT2D eigenvalue weighted by atomic mass is 10.1. The van der Waals surface area contributed by atoms with Gasteiger partial charge in [0.2, 0.25) is 0 Å². The van der Waals surface area contributed by atoms with Crippen molar-refractivity contribution in [1.29, 1.82) is 0 Å². The standard InChI is InChI=1S/C14H19F2NO/c1-17-13(9-18-8-7-10-5-6-10)11-3-2-4-12(15)14(11)16/h2-4,10,13,17H,5-9H2,1H3. The molecule has 18 heavy (non-hydrogen) atoms. The summed E-state index contributed by atoms with van der Waals surface area (Å²) >= 11 is 0. The van der Waals surface area contributed by atoms with Crippen LogP contribution in [0.1, 0.15) is 30.9 Å². The van der Waals surface area contributed by atoms with E-state index in [0.717, 1.165) is 18.4 Å². The Labute approximate surface area is 106 Å². The molecule has 0 saturated heterocycles. The average Bonchev–Trinajstić information content (AvgIpc) is 3.18. The highest BCUT2D eigenvalue weighted by Crippen LogP contribution is 2.32. The van der Waals surface area contributed by atoms with Gasteiger partial charge in [-0.15, -0.1) is 0 Å². The van der Waals surface area contributed by atoms with Gasteiger partial charge in [0, 0.05) is 12.2 Å². The van der Waals surface area contributed by atoms with Crippen LogP contribution in [0.5, 0.6) is 0 Å². The zero-order chi connectivity index (χ0) is 13.0. The minimum absolute atomic E-state index is 0.306. The van der Waals surface area contributed by atoms with Gasteiger partial charge < -0.3 is 10.1 Å². The van der Waals surface area contributed by atoms with Gasteiger partial charge in [-0.1, -0.05) is 25.0 Å². The van der Waals surface area contributed by atoms with Crippen LogP contribution < -0.4 is 5.32 Å². The molecule has 1 aromatic rings. The van der Waals surface area contributed by atoms with Crippen molar-refractivity contribution < 1.29 is 13.5 Å². The lowest BCUT2D eigenvalue weighted by Gasteiger charge is -2.17. The molecule has 0 spiro atoms. The lowest BCUT2D eigenvalue weighted by Crippen LogP contribution is -2.23. The predicted molar refractivity (Wildman–Crippen MR) is 66.3 cm³/mol. The van der Waals surface area contributed by atoms with Gasteiger partial charge in [-0.3, -0.25) is 0 Å². The van der Waals surface area contributed by atoms with Gasteiger partial charge in [-0.2, -0.15) is 0 Å². The van der Waals surface area contributed by atoms with Crippen molar-refractivity contribution in [3.8, 4) is 0 Å². The number of benzene rings is 1. The molecule has 100 valence electrons. The zero-order valence-corrected chi connectivity index (χ0v) is 10.6. The molecule has 4 heteroatoms. The zero-order valence-electron chi connectivity index (χ0n) is 10.6. The minimum Gasteiger partial charge on any atom is -0.379 e. The van der Waals surface area contributed by atoms with Crippen LogP contribution >= 0.6 is 0 Å². The molecule has 1 fully saturated rings. The van der Waals surface area contributed by atoms with E-state index in [1.54, 1.807) is 13.1 Å². The van der Waals surface area contributed by atoms with Crippen LogP contribution in [0.15, 0.2) is 18.2 Å². The molecule has 1 aliphatic rings. The highest BCUT2D eigenvalue weighted by Gasteiger charge is 2.21. The van der Waals surface area contributed by atoms with E-state index < -0.39 is 11.6 Å². The first-order chi connectivity index (χ1) is 8.72. The van der Waals surface area contributed by atoms with Crippen molar-refractivity contribution >= 4 is 0 Å². The smallest absolute Gasteiger partial charge is 0.163 e. The number of nitrogens with one attached hydrogen (secondary N) is 1. The molecule has 1 saturated carbocycles. The summed E-state index contributed by atoms with van der Waals surface area (Å²) in [5.74, 6) is -0.780. The maximum absolute atomic E-state index is 13.6. The summed E-state index contributed by atoms with van der Waals surface area (Å²) in [5, 5.41) is 2.96. The maximum atomic E-state index is 13.6. The molecule has 1 unspecified atom stereocenters. The molecular formula is C14H19F2NO. The molecule has 2 nitrogen and oxygen atoms in total. The van der Waals surface area contributed by atoms with Gasteiger partial charge in [-0.05, 0) is 25.5 Å². The Balaban J connectivity index is 1.87. The highest BCUT2D eigenvalue weighted by atomic mass is 19.2. The van der Waals surface area contributed by atoms with Gasteiger partial charge in [-0.25, -0.2) is 8.78 Å². The van der Waals surface area contributed by atoms with Crippen molar-refractivity contribution in [3.05, 3.63) is 35.4 Å². The molecule has 1 atom stereocenters. The number of rotatable bonds is 7. The molecule has 0 heterocycles. The van der Waals surface area contributed by atoms with E-state index in [-0.39, 0.29) is 6.04 Å². The molecule has 0 amide bonds. The summed E-state index contributed by atoms with van der Waals surface area (Å²) in [6.07, 6.45) is 3.68. The Morgan fingerprint density at radius 3 is 2.83 bits per heavy atom. The van der Waals surface area contributed by atoms with E-state index in [9.17, 15) is 8.78 Å². The van der Waals surface area contributed by atoms with Gasteiger partial charge in [0.05, 0.1) is 12.6 Å². The van der Waals surface area contributed by atoms with Crippen LogP contribution in [0.4, 0.5) is 8.78 Å². The van der Waals surface area contributed by atoms with Crippen molar-refractivity contribution in [2.75, 3.05) is 20.3 Å². The van der Waals surface area contributed by atoms with E-state index in [1.165, 1.54) is 18.9 Å². The van der Waals surface area contributed by atoms with Crippen molar-refractivity contribution in [3.63, 3.8) is 0 Å². The fourth-order valence-electron chi connectivity index (χ4n) is 1.98. The van der Waals surface area contributed by atoms with Crippen LogP contribution in [0.3, 0.4) is 0 Å². The Hall–Kier alpha value is -1.00. The topological polar surface area (TPSA) is 21.3 Å². The summed E-state index contributed by atoms with van der Waals surface area (Å²) in [5.41, 5.74) is 0.323. The van der Waals surface area contributed by atoms with E-state index in [2.05, 4.69) is 5.32 Å². The fourth-order valence-corrected chi connectivity index (χ4v) is 1.98. The Morgan fingerprint density at radius 2 is 2.17 bits per heavy atom. The average molecular weight is 255 g/mol. The van der Waals surface area contributed by atoms with Crippen molar-refractivity contribution in [1.82, 2.24) is 5.32 Å². The summed E-state index contributed by atoms with van der Waals surface area (Å²) in [6, 6.07) is 3.92.